The summed E-state index contributed by atoms with van der Waals surface area (Å²) in [6.45, 7) is 2.00. The second-order valence-corrected chi connectivity index (χ2v) is 4.99. The standard InChI is InChI=1S/C16H16N4O2/c1-2-10(12-4-3-7-18-12)14-11-8-9(19-16(17)22)5-6-13(11)20-15(14)21/h3-8,18H,2H2,1H3,(H,20,21)(H3,17,19,22). The van der Waals surface area contributed by atoms with Crippen molar-refractivity contribution in [1.29, 1.82) is 0 Å². The maximum absolute atomic E-state index is 12.4. The van der Waals surface area contributed by atoms with Crippen molar-refractivity contribution in [3.63, 3.8) is 0 Å². The van der Waals surface area contributed by atoms with Gasteiger partial charge in [-0.3, -0.25) is 4.79 Å². The van der Waals surface area contributed by atoms with Crippen molar-refractivity contribution in [3.05, 3.63) is 47.8 Å². The number of aromatic amines is 1. The Balaban J connectivity index is 2.15. The largest absolute Gasteiger partial charge is 0.361 e. The molecule has 0 bridgehead atoms. The van der Waals surface area contributed by atoms with E-state index in [0.717, 1.165) is 22.5 Å². The first kappa shape index (κ1) is 13.9. The number of anilines is 2. The fraction of sp³-hybridized carbons (Fsp3) is 0.125. The number of carbonyl (C=O) groups excluding carboxylic acids is 2. The van der Waals surface area contributed by atoms with E-state index in [1.165, 1.54) is 0 Å². The zero-order valence-corrected chi connectivity index (χ0v) is 12.1. The number of rotatable bonds is 3. The normalized spacial score (nSPS) is 15.2. The number of H-pyrrole nitrogens is 1. The molecule has 22 heavy (non-hydrogen) atoms. The molecule has 0 aliphatic carbocycles. The van der Waals surface area contributed by atoms with E-state index in [0.29, 0.717) is 17.7 Å². The molecule has 5 N–H and O–H groups in total. The second kappa shape index (κ2) is 5.40. The highest BCUT2D eigenvalue weighted by Gasteiger charge is 2.28. The van der Waals surface area contributed by atoms with Gasteiger partial charge in [0.15, 0.2) is 0 Å². The quantitative estimate of drug-likeness (QED) is 0.655. The number of nitrogens with two attached hydrogens (primary N) is 1. The molecular weight excluding hydrogens is 280 g/mol. The van der Waals surface area contributed by atoms with Gasteiger partial charge in [-0.1, -0.05) is 6.92 Å². The van der Waals surface area contributed by atoms with Gasteiger partial charge in [0, 0.05) is 28.8 Å². The summed E-state index contributed by atoms with van der Waals surface area (Å²) in [6, 6.07) is 8.40. The molecule has 0 saturated carbocycles. The van der Waals surface area contributed by atoms with Gasteiger partial charge in [0.25, 0.3) is 5.91 Å². The van der Waals surface area contributed by atoms with E-state index < -0.39 is 6.03 Å². The molecule has 0 unspecified atom stereocenters. The van der Waals surface area contributed by atoms with Crippen LogP contribution in [0.5, 0.6) is 0 Å². The lowest BCUT2D eigenvalue weighted by molar-refractivity contribution is -0.110. The van der Waals surface area contributed by atoms with Gasteiger partial charge in [0.1, 0.15) is 0 Å². The molecule has 0 atom stereocenters. The van der Waals surface area contributed by atoms with Crippen molar-refractivity contribution >= 4 is 34.5 Å². The number of benzene rings is 1. The number of amides is 3. The molecule has 3 rings (SSSR count). The lowest BCUT2D eigenvalue weighted by Crippen LogP contribution is -2.19. The Morgan fingerprint density at radius 3 is 2.77 bits per heavy atom. The predicted molar refractivity (Wildman–Crippen MR) is 86.2 cm³/mol. The minimum absolute atomic E-state index is 0.141. The molecule has 0 radical (unpaired) electrons. The van der Waals surface area contributed by atoms with E-state index in [4.69, 9.17) is 5.73 Å². The van der Waals surface area contributed by atoms with Crippen LogP contribution in [0.1, 0.15) is 24.6 Å². The van der Waals surface area contributed by atoms with E-state index in [1.54, 1.807) is 18.2 Å². The van der Waals surface area contributed by atoms with E-state index in [9.17, 15) is 9.59 Å². The highest BCUT2D eigenvalue weighted by atomic mass is 16.2. The number of allylic oxidation sites excluding steroid dienone is 1. The molecule has 0 saturated heterocycles. The summed E-state index contributed by atoms with van der Waals surface area (Å²) in [7, 11) is 0. The van der Waals surface area contributed by atoms with Crippen LogP contribution in [-0.2, 0) is 4.79 Å². The molecule has 1 aliphatic rings. The number of urea groups is 1. The molecule has 0 spiro atoms. The highest BCUT2D eigenvalue weighted by Crippen LogP contribution is 2.39. The number of primary amides is 1. The Labute approximate surface area is 127 Å². The van der Waals surface area contributed by atoms with Gasteiger partial charge in [-0.05, 0) is 42.3 Å². The zero-order chi connectivity index (χ0) is 15.7. The van der Waals surface area contributed by atoms with Crippen LogP contribution in [0.4, 0.5) is 16.2 Å². The first-order chi connectivity index (χ1) is 10.6. The average Bonchev–Trinajstić information content (AvgIpc) is 3.09. The monoisotopic (exact) mass is 296 g/mol. The maximum atomic E-state index is 12.4. The third-order valence-corrected chi connectivity index (χ3v) is 3.61. The third kappa shape index (κ3) is 2.35. The Morgan fingerprint density at radius 2 is 2.14 bits per heavy atom. The van der Waals surface area contributed by atoms with Gasteiger partial charge >= 0.3 is 6.03 Å². The third-order valence-electron chi connectivity index (χ3n) is 3.61. The summed E-state index contributed by atoms with van der Waals surface area (Å²) in [5.74, 6) is -0.141. The van der Waals surface area contributed by atoms with Gasteiger partial charge in [0.05, 0.1) is 5.57 Å². The summed E-state index contributed by atoms with van der Waals surface area (Å²) in [5, 5.41) is 5.38. The average molecular weight is 296 g/mol. The molecule has 1 aliphatic heterocycles. The summed E-state index contributed by atoms with van der Waals surface area (Å²) in [5.41, 5.74) is 9.66. The predicted octanol–water partition coefficient (Wildman–Crippen LogP) is 2.78. The fourth-order valence-electron chi connectivity index (χ4n) is 2.71. The van der Waals surface area contributed by atoms with Crippen LogP contribution in [0.15, 0.2) is 36.5 Å². The van der Waals surface area contributed by atoms with Crippen molar-refractivity contribution in [1.82, 2.24) is 4.98 Å². The van der Waals surface area contributed by atoms with Gasteiger partial charge in [-0.2, -0.15) is 0 Å². The summed E-state index contributed by atoms with van der Waals surface area (Å²) in [6.07, 6.45) is 2.53. The molecule has 112 valence electrons. The topological polar surface area (TPSA) is 100 Å². The molecule has 2 aromatic rings. The Kier molecular flexibility index (Phi) is 3.42. The molecule has 6 nitrogen and oxygen atoms in total. The van der Waals surface area contributed by atoms with Crippen molar-refractivity contribution in [3.8, 4) is 0 Å². The first-order valence-electron chi connectivity index (χ1n) is 6.99. The molecule has 3 amide bonds. The molecule has 6 heteroatoms. The smallest absolute Gasteiger partial charge is 0.316 e. The van der Waals surface area contributed by atoms with Crippen molar-refractivity contribution < 1.29 is 9.59 Å². The minimum Gasteiger partial charge on any atom is -0.361 e. The van der Waals surface area contributed by atoms with Crippen molar-refractivity contribution in [2.24, 2.45) is 5.73 Å². The fourth-order valence-corrected chi connectivity index (χ4v) is 2.71. The molecule has 2 heterocycles. The Hall–Kier alpha value is -3.02. The van der Waals surface area contributed by atoms with Crippen LogP contribution in [0.3, 0.4) is 0 Å². The van der Waals surface area contributed by atoms with E-state index in [1.807, 2.05) is 25.3 Å². The van der Waals surface area contributed by atoms with Crippen LogP contribution in [-0.4, -0.2) is 16.9 Å². The lowest BCUT2D eigenvalue weighted by Gasteiger charge is -2.08. The molecule has 1 aromatic heterocycles. The zero-order valence-electron chi connectivity index (χ0n) is 12.1. The summed E-state index contributed by atoms with van der Waals surface area (Å²) in [4.78, 5) is 26.5. The van der Waals surface area contributed by atoms with Crippen LogP contribution in [0, 0.1) is 0 Å². The van der Waals surface area contributed by atoms with E-state index in [-0.39, 0.29) is 5.91 Å². The highest BCUT2D eigenvalue weighted by molar-refractivity contribution is 6.36. The number of aromatic nitrogens is 1. The van der Waals surface area contributed by atoms with Crippen LogP contribution >= 0.6 is 0 Å². The Morgan fingerprint density at radius 1 is 1.32 bits per heavy atom. The summed E-state index contributed by atoms with van der Waals surface area (Å²) < 4.78 is 0. The van der Waals surface area contributed by atoms with Gasteiger partial charge in [0.2, 0.25) is 0 Å². The van der Waals surface area contributed by atoms with E-state index >= 15 is 0 Å². The lowest BCUT2D eigenvalue weighted by atomic mass is 9.96. The number of carbonyl (C=O) groups is 2. The summed E-state index contributed by atoms with van der Waals surface area (Å²) >= 11 is 0. The minimum atomic E-state index is -0.636. The molecular formula is C16H16N4O2. The number of hydrogen-bond acceptors (Lipinski definition) is 2. The maximum Gasteiger partial charge on any atom is 0.316 e. The Bertz CT molecular complexity index is 775. The van der Waals surface area contributed by atoms with Crippen molar-refractivity contribution in [2.45, 2.75) is 13.3 Å². The van der Waals surface area contributed by atoms with Crippen molar-refractivity contribution in [2.75, 3.05) is 10.6 Å². The van der Waals surface area contributed by atoms with Gasteiger partial charge < -0.3 is 21.4 Å². The molecule has 1 aromatic carbocycles. The number of hydrogen-bond donors (Lipinski definition) is 4. The number of nitrogens with one attached hydrogen (secondary N) is 3. The van der Waals surface area contributed by atoms with Crippen LogP contribution in [0.25, 0.3) is 11.1 Å². The van der Waals surface area contributed by atoms with Crippen LogP contribution in [0.2, 0.25) is 0 Å². The van der Waals surface area contributed by atoms with Gasteiger partial charge in [-0.15, -0.1) is 0 Å². The second-order valence-electron chi connectivity index (χ2n) is 4.99. The van der Waals surface area contributed by atoms with Crippen LogP contribution < -0.4 is 16.4 Å². The van der Waals surface area contributed by atoms with E-state index in [2.05, 4.69) is 15.6 Å². The molecule has 0 fully saturated rings. The first-order valence-corrected chi connectivity index (χ1v) is 6.99. The van der Waals surface area contributed by atoms with Gasteiger partial charge in [-0.25, -0.2) is 4.79 Å². The number of fused-ring (bicyclic) bond motifs is 1. The SMILES string of the molecule is CCC(=C1C(=O)Nc2ccc(NC(N)=O)cc21)c1ccc[nH]1.